The molecule has 0 saturated heterocycles. The Balaban J connectivity index is 0.000000362. The SMILES string of the molecule is CC(C)C(=O)C(=O)O.N[C@@H](Cc1cnc[nH]1)C(=O)O. The molecule has 0 saturated carbocycles. The van der Waals surface area contributed by atoms with Crippen LogP contribution in [0.25, 0.3) is 0 Å². The first-order valence-electron chi connectivity index (χ1n) is 5.48. The maximum atomic E-state index is 10.3. The number of Topliss-reactive ketones (excluding diaryl/α,β-unsaturated/α-hetero) is 1. The number of rotatable bonds is 5. The van der Waals surface area contributed by atoms with Crippen LogP contribution in [0.15, 0.2) is 12.5 Å². The largest absolute Gasteiger partial charge is 0.480 e. The molecule has 0 aliphatic carbocycles. The van der Waals surface area contributed by atoms with Crippen molar-refractivity contribution >= 4 is 17.7 Å². The Morgan fingerprint density at radius 2 is 1.95 bits per heavy atom. The molecule has 0 aliphatic heterocycles. The number of carboxylic acids is 2. The van der Waals surface area contributed by atoms with E-state index in [1.165, 1.54) is 6.33 Å². The van der Waals surface area contributed by atoms with Gasteiger partial charge in [0.15, 0.2) is 0 Å². The lowest BCUT2D eigenvalue weighted by molar-refractivity contribution is -0.150. The first-order chi connectivity index (χ1) is 8.75. The molecule has 5 N–H and O–H groups in total. The lowest BCUT2D eigenvalue weighted by Gasteiger charge is -2.02. The Bertz CT molecular complexity index is 428. The molecule has 1 heterocycles. The van der Waals surface area contributed by atoms with Crippen molar-refractivity contribution in [2.45, 2.75) is 26.3 Å². The number of aromatic nitrogens is 2. The third-order valence-electron chi connectivity index (χ3n) is 2.05. The number of nitrogens with one attached hydrogen (secondary N) is 1. The van der Waals surface area contributed by atoms with Crippen LogP contribution in [0, 0.1) is 5.92 Å². The van der Waals surface area contributed by atoms with Gasteiger partial charge >= 0.3 is 11.9 Å². The van der Waals surface area contributed by atoms with E-state index in [1.54, 1.807) is 20.0 Å². The second-order valence-electron chi connectivity index (χ2n) is 4.05. The van der Waals surface area contributed by atoms with Crippen molar-refractivity contribution in [3.63, 3.8) is 0 Å². The second kappa shape index (κ2) is 7.98. The Labute approximate surface area is 109 Å². The van der Waals surface area contributed by atoms with Crippen molar-refractivity contribution in [2.75, 3.05) is 0 Å². The second-order valence-corrected chi connectivity index (χ2v) is 4.05. The van der Waals surface area contributed by atoms with E-state index in [0.717, 1.165) is 5.69 Å². The molecule has 0 aliphatic rings. The van der Waals surface area contributed by atoms with Gasteiger partial charge in [-0.25, -0.2) is 9.78 Å². The Morgan fingerprint density at radius 3 is 2.21 bits per heavy atom. The molecule has 0 fully saturated rings. The molecule has 8 nitrogen and oxygen atoms in total. The minimum absolute atomic E-state index is 0.287. The number of nitrogens with zero attached hydrogens (tertiary/aromatic N) is 1. The molecular formula is C11H17N3O5. The topological polar surface area (TPSA) is 146 Å². The van der Waals surface area contributed by atoms with Crippen LogP contribution < -0.4 is 5.73 Å². The molecule has 0 aromatic carbocycles. The van der Waals surface area contributed by atoms with Crippen LogP contribution in [0.2, 0.25) is 0 Å². The molecular weight excluding hydrogens is 254 g/mol. The van der Waals surface area contributed by atoms with E-state index in [1.807, 2.05) is 0 Å². The number of aliphatic carboxylic acids is 2. The summed E-state index contributed by atoms with van der Waals surface area (Å²) >= 11 is 0. The fourth-order valence-corrected chi connectivity index (χ4v) is 0.968. The summed E-state index contributed by atoms with van der Waals surface area (Å²) in [5.41, 5.74) is 6.00. The number of hydrogen-bond acceptors (Lipinski definition) is 5. The fraction of sp³-hybridized carbons (Fsp3) is 0.455. The number of ketones is 1. The first kappa shape index (κ1) is 16.8. The van der Waals surface area contributed by atoms with Gasteiger partial charge in [-0.2, -0.15) is 0 Å². The summed E-state index contributed by atoms with van der Waals surface area (Å²) in [5.74, 6) is -3.47. The summed E-state index contributed by atoms with van der Waals surface area (Å²) in [6.45, 7) is 3.10. The smallest absolute Gasteiger partial charge is 0.372 e. The van der Waals surface area contributed by atoms with Crippen LogP contribution >= 0.6 is 0 Å². The molecule has 1 aromatic heterocycles. The number of carbonyl (C=O) groups excluding carboxylic acids is 1. The molecule has 1 aromatic rings. The summed E-state index contributed by atoms with van der Waals surface area (Å²) in [6, 6.07) is -0.851. The summed E-state index contributed by atoms with van der Waals surface area (Å²) in [6.07, 6.45) is 3.34. The summed E-state index contributed by atoms with van der Waals surface area (Å²) in [5, 5.41) is 16.4. The van der Waals surface area contributed by atoms with Gasteiger partial charge in [0, 0.05) is 24.2 Å². The van der Waals surface area contributed by atoms with Gasteiger partial charge < -0.3 is 20.9 Å². The van der Waals surface area contributed by atoms with Gasteiger partial charge in [-0.15, -0.1) is 0 Å². The summed E-state index contributed by atoms with van der Waals surface area (Å²) < 4.78 is 0. The number of imidazole rings is 1. The van der Waals surface area contributed by atoms with Gasteiger partial charge in [0.25, 0.3) is 0 Å². The number of hydrogen-bond donors (Lipinski definition) is 4. The van der Waals surface area contributed by atoms with E-state index >= 15 is 0 Å². The maximum Gasteiger partial charge on any atom is 0.372 e. The molecule has 0 spiro atoms. The summed E-state index contributed by atoms with van der Waals surface area (Å²) in [7, 11) is 0. The van der Waals surface area contributed by atoms with Crippen LogP contribution in [0.3, 0.4) is 0 Å². The Morgan fingerprint density at radius 1 is 1.37 bits per heavy atom. The van der Waals surface area contributed by atoms with E-state index in [9.17, 15) is 14.4 Å². The number of nitrogens with two attached hydrogens (primary N) is 1. The van der Waals surface area contributed by atoms with Crippen LogP contribution in [0.1, 0.15) is 19.5 Å². The predicted molar refractivity (Wildman–Crippen MR) is 65.4 cm³/mol. The van der Waals surface area contributed by atoms with Gasteiger partial charge in [0.2, 0.25) is 5.78 Å². The lowest BCUT2D eigenvalue weighted by atomic mass is 10.1. The van der Waals surface area contributed by atoms with Gasteiger partial charge in [-0.05, 0) is 0 Å². The lowest BCUT2D eigenvalue weighted by Crippen LogP contribution is -2.32. The summed E-state index contributed by atoms with van der Waals surface area (Å²) in [4.78, 5) is 36.8. The van der Waals surface area contributed by atoms with Crippen molar-refractivity contribution in [3.05, 3.63) is 18.2 Å². The molecule has 0 unspecified atom stereocenters. The van der Waals surface area contributed by atoms with E-state index in [-0.39, 0.29) is 6.42 Å². The maximum absolute atomic E-state index is 10.3. The zero-order valence-corrected chi connectivity index (χ0v) is 10.7. The highest BCUT2D eigenvalue weighted by molar-refractivity contribution is 6.33. The molecule has 8 heteroatoms. The highest BCUT2D eigenvalue weighted by atomic mass is 16.4. The molecule has 0 bridgehead atoms. The third kappa shape index (κ3) is 6.94. The highest BCUT2D eigenvalue weighted by Crippen LogP contribution is 1.95. The molecule has 1 atom stereocenters. The Hall–Kier alpha value is -2.22. The molecule has 106 valence electrons. The van der Waals surface area contributed by atoms with Crippen LogP contribution in [0.5, 0.6) is 0 Å². The van der Waals surface area contributed by atoms with Crippen LogP contribution in [-0.2, 0) is 20.8 Å². The van der Waals surface area contributed by atoms with Crippen molar-refractivity contribution in [2.24, 2.45) is 11.7 Å². The number of carbonyl (C=O) groups is 3. The van der Waals surface area contributed by atoms with Crippen molar-refractivity contribution < 1.29 is 24.6 Å². The number of H-pyrrole nitrogens is 1. The van der Waals surface area contributed by atoms with Gasteiger partial charge in [-0.3, -0.25) is 9.59 Å². The van der Waals surface area contributed by atoms with Gasteiger partial charge in [0.1, 0.15) is 6.04 Å². The molecule has 19 heavy (non-hydrogen) atoms. The zero-order valence-electron chi connectivity index (χ0n) is 10.7. The van der Waals surface area contributed by atoms with Crippen molar-refractivity contribution in [3.8, 4) is 0 Å². The average molecular weight is 271 g/mol. The van der Waals surface area contributed by atoms with Crippen molar-refractivity contribution in [1.82, 2.24) is 9.97 Å². The normalized spacial score (nSPS) is 11.4. The Kier molecular flexibility index (Phi) is 7.05. The minimum Gasteiger partial charge on any atom is -0.480 e. The van der Waals surface area contributed by atoms with Gasteiger partial charge in [0.05, 0.1) is 6.33 Å². The van der Waals surface area contributed by atoms with Crippen LogP contribution in [-0.4, -0.2) is 43.9 Å². The molecule has 0 amide bonds. The van der Waals surface area contributed by atoms with Crippen LogP contribution in [0.4, 0.5) is 0 Å². The van der Waals surface area contributed by atoms with Crippen molar-refractivity contribution in [1.29, 1.82) is 0 Å². The monoisotopic (exact) mass is 271 g/mol. The highest BCUT2D eigenvalue weighted by Gasteiger charge is 2.14. The predicted octanol–water partition coefficient (Wildman–Crippen LogP) is -0.340. The van der Waals surface area contributed by atoms with E-state index in [2.05, 4.69) is 9.97 Å². The third-order valence-corrected chi connectivity index (χ3v) is 2.05. The van der Waals surface area contributed by atoms with E-state index in [4.69, 9.17) is 15.9 Å². The average Bonchev–Trinajstić information content (AvgIpc) is 2.81. The number of carboxylic acid groups (broad SMARTS) is 2. The van der Waals surface area contributed by atoms with Gasteiger partial charge in [-0.1, -0.05) is 13.8 Å². The number of aromatic amines is 1. The van der Waals surface area contributed by atoms with E-state index < -0.39 is 29.7 Å². The standard InChI is InChI=1S/C6H9N3O2.C5H8O3/c7-5(6(10)11)1-4-2-8-3-9-4;1-3(2)4(6)5(7)8/h2-3,5H,1,7H2,(H,8,9)(H,10,11);3H,1-2H3,(H,7,8)/t5-;/m0./s1. The quantitative estimate of drug-likeness (QED) is 0.535. The first-order valence-corrected chi connectivity index (χ1v) is 5.48. The zero-order chi connectivity index (χ0) is 15.0. The fourth-order valence-electron chi connectivity index (χ4n) is 0.968. The molecule has 0 radical (unpaired) electrons. The molecule has 1 rings (SSSR count). The minimum atomic E-state index is -1.35. The van der Waals surface area contributed by atoms with E-state index in [0.29, 0.717) is 0 Å².